The summed E-state index contributed by atoms with van der Waals surface area (Å²) in [4.78, 5) is 28.2. The van der Waals surface area contributed by atoms with Crippen molar-refractivity contribution in [3.05, 3.63) is 70.8 Å². The smallest absolute Gasteiger partial charge is 0.410 e. The second-order valence-corrected chi connectivity index (χ2v) is 7.79. The number of methoxy groups -OCH3 is 2. The predicted molar refractivity (Wildman–Crippen MR) is 123 cm³/mol. The Bertz CT molecular complexity index is 977. The monoisotopic (exact) mass is 433 g/mol. The average molecular weight is 434 g/mol. The highest BCUT2D eigenvalue weighted by Gasteiger charge is 2.49. The van der Waals surface area contributed by atoms with E-state index in [1.165, 1.54) is 0 Å². The number of carbonyl (C=O) groups excluding carboxylic acids is 2. The Morgan fingerprint density at radius 3 is 1.69 bits per heavy atom. The molecule has 0 N–H and O–H groups in total. The van der Waals surface area contributed by atoms with Gasteiger partial charge in [0.1, 0.15) is 11.5 Å². The summed E-state index contributed by atoms with van der Waals surface area (Å²) >= 11 is 0. The lowest BCUT2D eigenvalue weighted by atomic mass is 9.88. The maximum Gasteiger partial charge on any atom is 0.410 e. The molecule has 0 radical (unpaired) electrons. The molecule has 0 aliphatic carbocycles. The van der Waals surface area contributed by atoms with Crippen LogP contribution in [-0.2, 0) is 9.53 Å². The molecular weight excluding hydrogens is 406 g/mol. The van der Waals surface area contributed by atoms with E-state index in [1.54, 1.807) is 26.0 Å². The Kier molecular flexibility index (Phi) is 6.30. The molecule has 2 saturated heterocycles. The molecule has 6 nitrogen and oxygen atoms in total. The van der Waals surface area contributed by atoms with E-state index in [4.69, 9.17) is 14.2 Å². The van der Waals surface area contributed by atoms with Gasteiger partial charge >= 0.3 is 6.09 Å². The van der Waals surface area contributed by atoms with E-state index < -0.39 is 0 Å². The molecule has 2 aromatic rings. The number of rotatable bonds is 5. The lowest BCUT2D eigenvalue weighted by Gasteiger charge is -2.36. The Morgan fingerprint density at radius 1 is 0.875 bits per heavy atom. The van der Waals surface area contributed by atoms with Crippen molar-refractivity contribution >= 4 is 24.0 Å². The van der Waals surface area contributed by atoms with Crippen molar-refractivity contribution in [2.75, 3.05) is 20.8 Å². The lowest BCUT2D eigenvalue weighted by molar-refractivity contribution is -0.114. The van der Waals surface area contributed by atoms with Gasteiger partial charge in [0.25, 0.3) is 0 Å². The summed E-state index contributed by atoms with van der Waals surface area (Å²) in [5.74, 6) is 1.47. The molecule has 0 saturated carbocycles. The quantitative estimate of drug-likeness (QED) is 0.637. The van der Waals surface area contributed by atoms with Gasteiger partial charge in [0.05, 0.1) is 32.9 Å². The second kappa shape index (κ2) is 9.30. The molecule has 32 heavy (non-hydrogen) atoms. The number of amides is 1. The molecule has 2 fully saturated rings. The lowest BCUT2D eigenvalue weighted by Crippen LogP contribution is -2.49. The molecule has 6 heteroatoms. The van der Waals surface area contributed by atoms with E-state index in [-0.39, 0.29) is 30.6 Å². The van der Waals surface area contributed by atoms with E-state index in [0.717, 1.165) is 35.5 Å². The standard InChI is InChI=1S/C26H27NO5/c1-4-32-26(29)27-23-13-14-24(27)22(16-18-7-11-20(31-3)12-8-18)25(28)21(23)15-17-5-9-19(30-2)10-6-17/h5-12,15-16,23-24H,4,13-14H2,1-3H3/b21-15+,22-16+/t23-,24+. The minimum Gasteiger partial charge on any atom is -0.497 e. The fourth-order valence-electron chi connectivity index (χ4n) is 4.43. The van der Waals surface area contributed by atoms with Gasteiger partial charge in [-0.25, -0.2) is 4.79 Å². The van der Waals surface area contributed by atoms with E-state index >= 15 is 0 Å². The highest BCUT2D eigenvalue weighted by atomic mass is 16.6. The molecule has 0 unspecified atom stereocenters. The van der Waals surface area contributed by atoms with Crippen LogP contribution in [0, 0.1) is 0 Å². The number of piperidine rings is 1. The Balaban J connectivity index is 1.77. The number of carbonyl (C=O) groups is 2. The van der Waals surface area contributed by atoms with Crippen LogP contribution < -0.4 is 9.47 Å². The Morgan fingerprint density at radius 2 is 1.31 bits per heavy atom. The van der Waals surface area contributed by atoms with Crippen molar-refractivity contribution in [2.24, 2.45) is 0 Å². The SMILES string of the molecule is CCOC(=O)N1[C@@H]2CC[C@H]1/C(=C\c1ccc(OC)cc1)C(=O)/C2=C/c1ccc(OC)cc1. The van der Waals surface area contributed by atoms with Crippen LogP contribution in [0.25, 0.3) is 12.2 Å². The number of hydrogen-bond donors (Lipinski definition) is 0. The first-order chi connectivity index (χ1) is 15.5. The van der Waals surface area contributed by atoms with E-state index in [9.17, 15) is 9.59 Å². The van der Waals surface area contributed by atoms with Crippen molar-refractivity contribution in [1.29, 1.82) is 0 Å². The minimum atomic E-state index is -0.381. The van der Waals surface area contributed by atoms with Gasteiger partial charge in [-0.1, -0.05) is 24.3 Å². The van der Waals surface area contributed by atoms with Crippen LogP contribution in [0.5, 0.6) is 11.5 Å². The molecule has 2 aromatic carbocycles. The van der Waals surface area contributed by atoms with Crippen molar-refractivity contribution < 1.29 is 23.8 Å². The Hall–Kier alpha value is -3.54. The van der Waals surface area contributed by atoms with Crippen LogP contribution >= 0.6 is 0 Å². The molecule has 2 heterocycles. The zero-order valence-corrected chi connectivity index (χ0v) is 18.5. The third-order valence-electron chi connectivity index (χ3n) is 5.98. The maximum atomic E-state index is 13.6. The highest BCUT2D eigenvalue weighted by Crippen LogP contribution is 2.42. The van der Waals surface area contributed by atoms with E-state index in [2.05, 4.69) is 0 Å². The first kappa shape index (κ1) is 21.7. The molecule has 0 spiro atoms. The van der Waals surface area contributed by atoms with Gasteiger partial charge in [0.2, 0.25) is 0 Å². The molecule has 2 aliphatic rings. The Labute approximate surface area is 188 Å². The summed E-state index contributed by atoms with van der Waals surface area (Å²) in [6, 6.07) is 14.5. The van der Waals surface area contributed by atoms with E-state index in [0.29, 0.717) is 11.1 Å². The van der Waals surface area contributed by atoms with Crippen LogP contribution in [0.4, 0.5) is 4.79 Å². The summed E-state index contributed by atoms with van der Waals surface area (Å²) in [6.45, 7) is 2.08. The average Bonchev–Trinajstić information content (AvgIpc) is 3.21. The number of benzene rings is 2. The van der Waals surface area contributed by atoms with Crippen molar-refractivity contribution in [3.8, 4) is 11.5 Å². The molecule has 2 bridgehead atoms. The second-order valence-electron chi connectivity index (χ2n) is 7.79. The largest absolute Gasteiger partial charge is 0.497 e. The van der Waals surface area contributed by atoms with Gasteiger partial charge in [0.15, 0.2) is 5.78 Å². The topological polar surface area (TPSA) is 65.1 Å². The summed E-state index contributed by atoms with van der Waals surface area (Å²) in [5, 5.41) is 0. The molecule has 2 aliphatic heterocycles. The minimum absolute atomic E-state index is 0.0234. The predicted octanol–water partition coefficient (Wildman–Crippen LogP) is 4.74. The summed E-state index contributed by atoms with van der Waals surface area (Å²) in [7, 11) is 3.23. The number of hydrogen-bond acceptors (Lipinski definition) is 5. The van der Waals surface area contributed by atoms with Crippen molar-refractivity contribution in [3.63, 3.8) is 0 Å². The first-order valence-corrected chi connectivity index (χ1v) is 10.8. The van der Waals surface area contributed by atoms with Gasteiger partial charge in [-0.3, -0.25) is 9.69 Å². The number of fused-ring (bicyclic) bond motifs is 2. The number of Topliss-reactive ketones (excluding diaryl/α,β-unsaturated/α-hetero) is 1. The van der Waals surface area contributed by atoms with Crippen molar-refractivity contribution in [2.45, 2.75) is 31.8 Å². The van der Waals surface area contributed by atoms with Gasteiger partial charge in [-0.2, -0.15) is 0 Å². The highest BCUT2D eigenvalue weighted by molar-refractivity contribution is 6.16. The number of ketones is 1. The van der Waals surface area contributed by atoms with Crippen molar-refractivity contribution in [1.82, 2.24) is 4.90 Å². The van der Waals surface area contributed by atoms with E-state index in [1.807, 2.05) is 60.7 Å². The zero-order chi connectivity index (χ0) is 22.7. The van der Waals surface area contributed by atoms with Gasteiger partial charge in [-0.15, -0.1) is 0 Å². The molecular formula is C26H27NO5. The maximum absolute atomic E-state index is 13.6. The fraction of sp³-hybridized carbons (Fsp3) is 0.308. The first-order valence-electron chi connectivity index (χ1n) is 10.8. The molecule has 0 aromatic heterocycles. The molecule has 2 atom stereocenters. The van der Waals surface area contributed by atoms with Crippen LogP contribution in [0.15, 0.2) is 59.7 Å². The molecule has 4 rings (SSSR count). The van der Waals surface area contributed by atoms with Crippen LogP contribution in [0.1, 0.15) is 30.9 Å². The fourth-order valence-corrected chi connectivity index (χ4v) is 4.43. The van der Waals surface area contributed by atoms with Crippen LogP contribution in [0.3, 0.4) is 0 Å². The number of nitrogens with zero attached hydrogens (tertiary/aromatic N) is 1. The molecule has 166 valence electrons. The zero-order valence-electron chi connectivity index (χ0n) is 18.5. The third kappa shape index (κ3) is 4.13. The number of ether oxygens (including phenoxy) is 3. The van der Waals surface area contributed by atoms with Crippen LogP contribution in [-0.4, -0.2) is 49.7 Å². The summed E-state index contributed by atoms with van der Waals surface area (Å²) in [6.07, 6.45) is 4.81. The van der Waals surface area contributed by atoms with Crippen LogP contribution in [0.2, 0.25) is 0 Å². The summed E-state index contributed by atoms with van der Waals surface area (Å²) < 4.78 is 15.8. The summed E-state index contributed by atoms with van der Waals surface area (Å²) in [5.41, 5.74) is 2.98. The normalized spacial score (nSPS) is 22.3. The van der Waals surface area contributed by atoms with Gasteiger partial charge in [0, 0.05) is 11.1 Å². The van der Waals surface area contributed by atoms with Gasteiger partial charge < -0.3 is 14.2 Å². The third-order valence-corrected chi connectivity index (χ3v) is 5.98. The molecule has 1 amide bonds. The van der Waals surface area contributed by atoms with Gasteiger partial charge in [-0.05, 0) is 67.3 Å².